The van der Waals surface area contributed by atoms with Crippen LogP contribution >= 0.6 is 7.82 Å². The lowest BCUT2D eigenvalue weighted by molar-refractivity contribution is -0.870. The lowest BCUT2D eigenvalue weighted by Gasteiger charge is -2.27. The Morgan fingerprint density at radius 2 is 1.06 bits per heavy atom. The molecule has 0 radical (unpaired) electrons. The van der Waals surface area contributed by atoms with Crippen molar-refractivity contribution in [2.75, 3.05) is 40.9 Å². The average molecular weight is 932 g/mol. The summed E-state index contributed by atoms with van der Waals surface area (Å²) in [4.78, 5) is 37.4. The lowest BCUT2D eigenvalue weighted by atomic mass is 10.0. The molecule has 0 rings (SSSR count). The first-order chi connectivity index (χ1) is 31.4. The molecule has 3 atom stereocenters. The third-order valence-electron chi connectivity index (χ3n) is 11.2. The molecule has 0 saturated carbocycles. The molecule has 0 aliphatic carbocycles. The van der Waals surface area contributed by atoms with E-state index in [-0.39, 0.29) is 37.9 Å². The van der Waals surface area contributed by atoms with E-state index in [2.05, 4.69) is 74.7 Å². The Balaban J connectivity index is 5.56. The molecule has 0 fully saturated rings. The molecule has 0 spiro atoms. The largest absolute Gasteiger partial charge is 0.472 e. The number of hydrogen-bond acceptors (Lipinski definition) is 6. The van der Waals surface area contributed by atoms with E-state index in [0.29, 0.717) is 23.9 Å². The number of quaternary nitrogens is 1. The number of likely N-dealkylation sites (N-methyl/N-ethyl adjacent to an activating group) is 1. The van der Waals surface area contributed by atoms with Crippen LogP contribution in [0.15, 0.2) is 72.9 Å². The first-order valence-corrected chi connectivity index (χ1v) is 27.8. The van der Waals surface area contributed by atoms with Gasteiger partial charge in [-0.3, -0.25) is 18.6 Å². The molecule has 65 heavy (non-hydrogen) atoms. The van der Waals surface area contributed by atoms with E-state index < -0.39 is 20.0 Å². The third kappa shape index (κ3) is 46.4. The van der Waals surface area contributed by atoms with Gasteiger partial charge in [-0.25, -0.2) is 4.57 Å². The molecular weight excluding hydrogens is 832 g/mol. The van der Waals surface area contributed by atoms with Crippen molar-refractivity contribution in [2.45, 2.75) is 226 Å². The van der Waals surface area contributed by atoms with Crippen LogP contribution in [0.1, 0.15) is 213 Å². The number of phosphoric acid groups is 1. The maximum Gasteiger partial charge on any atom is 0.472 e. The van der Waals surface area contributed by atoms with Crippen molar-refractivity contribution >= 4 is 19.7 Å². The summed E-state index contributed by atoms with van der Waals surface area (Å²) in [6.45, 7) is 6.79. The van der Waals surface area contributed by atoms with Gasteiger partial charge in [-0.15, -0.1) is 0 Å². The normalized spacial score (nSPS) is 14.5. The maximum atomic E-state index is 13.4. The summed E-state index contributed by atoms with van der Waals surface area (Å²) in [5.41, 5.74) is 0. The smallest absolute Gasteiger partial charge is 0.456 e. The topological polar surface area (TPSA) is 111 Å². The highest BCUT2D eigenvalue weighted by Crippen LogP contribution is 2.43. The summed E-state index contributed by atoms with van der Waals surface area (Å²) in [5.74, 6) is -0.612. The van der Waals surface area contributed by atoms with Crippen molar-refractivity contribution in [3.8, 4) is 0 Å². The van der Waals surface area contributed by atoms with E-state index in [1.54, 1.807) is 0 Å². The van der Waals surface area contributed by atoms with Gasteiger partial charge in [0.1, 0.15) is 19.3 Å². The van der Waals surface area contributed by atoms with Crippen molar-refractivity contribution in [1.82, 2.24) is 5.32 Å². The molecule has 376 valence electrons. The Labute approximate surface area is 400 Å². The van der Waals surface area contributed by atoms with Gasteiger partial charge in [0.25, 0.3) is 0 Å². The molecule has 0 bridgehead atoms. The zero-order valence-corrected chi connectivity index (χ0v) is 43.6. The number of esters is 1. The molecule has 0 aromatic rings. The molecule has 2 N–H and O–H groups in total. The van der Waals surface area contributed by atoms with Crippen LogP contribution in [-0.2, 0) is 27.9 Å². The number of ether oxygens (including phenoxy) is 1. The number of unbranched alkanes of at least 4 members (excludes halogenated alkanes) is 22. The SMILES string of the molecule is CC/C=C/C=C/C=C\CCCCCCCC(=O)OC(/C=C/CCCCCCCCCCCCC)C(COP(=O)(O)OCC[N+](C)(C)C)NC(=O)CC/C=C/C/C=C\CCCCCCCC. The summed E-state index contributed by atoms with van der Waals surface area (Å²) in [5, 5.41) is 2.99. The molecular formula is C55H100N2O7P+. The fourth-order valence-corrected chi connectivity index (χ4v) is 7.84. The van der Waals surface area contributed by atoms with Crippen molar-refractivity contribution in [1.29, 1.82) is 0 Å². The van der Waals surface area contributed by atoms with Crippen LogP contribution in [0.4, 0.5) is 0 Å². The molecule has 0 heterocycles. The third-order valence-corrected chi connectivity index (χ3v) is 12.2. The molecule has 1 amide bonds. The number of nitrogens with zero attached hydrogens (tertiary/aromatic N) is 1. The van der Waals surface area contributed by atoms with E-state index in [0.717, 1.165) is 70.6 Å². The van der Waals surface area contributed by atoms with Crippen molar-refractivity contribution in [3.05, 3.63) is 72.9 Å². The van der Waals surface area contributed by atoms with Gasteiger partial charge in [-0.05, 0) is 70.3 Å². The predicted octanol–water partition coefficient (Wildman–Crippen LogP) is 15.3. The van der Waals surface area contributed by atoms with E-state index in [9.17, 15) is 19.0 Å². The quantitative estimate of drug-likeness (QED) is 0.0156. The van der Waals surface area contributed by atoms with Crippen molar-refractivity contribution < 1.29 is 37.3 Å². The fraction of sp³-hybridized carbons (Fsp3) is 0.745. The van der Waals surface area contributed by atoms with E-state index >= 15 is 0 Å². The monoisotopic (exact) mass is 932 g/mol. The molecule has 3 unspecified atom stereocenters. The van der Waals surface area contributed by atoms with Gasteiger partial charge in [0, 0.05) is 12.8 Å². The standard InChI is InChI=1S/C55H99N2O7P/c1-7-10-13-16-19-22-25-28-31-34-37-40-43-46-53(64-55(59)48-45-42-39-36-33-30-27-24-21-18-15-12-9-3)52(51-63-65(60,61)62-50-49-57(4,5)6)56-54(58)47-44-41-38-35-32-29-26-23-20-17-14-11-8-2/h12,15,18,21,24,27,29,32,38,41,43,46,52-53H,7-11,13-14,16-17,19-20,22-23,25-26,28,30-31,33-37,39-40,42,44-45,47-51H2,1-6H3,(H-,56,58,60,61)/p+1/b15-12+,21-18+,27-24-,32-29-,41-38+,46-43+. The summed E-state index contributed by atoms with van der Waals surface area (Å²) < 4.78 is 30.4. The maximum absolute atomic E-state index is 13.4. The van der Waals surface area contributed by atoms with Crippen LogP contribution in [0.25, 0.3) is 0 Å². The van der Waals surface area contributed by atoms with Gasteiger partial charge >= 0.3 is 13.8 Å². The lowest BCUT2D eigenvalue weighted by Crippen LogP contribution is -2.47. The summed E-state index contributed by atoms with van der Waals surface area (Å²) in [6, 6.07) is -0.887. The van der Waals surface area contributed by atoms with Crippen LogP contribution in [0.3, 0.4) is 0 Å². The Bertz CT molecular complexity index is 1350. The van der Waals surface area contributed by atoms with E-state index in [1.807, 2.05) is 45.4 Å². The molecule has 0 aliphatic heterocycles. The van der Waals surface area contributed by atoms with Crippen LogP contribution in [0.2, 0.25) is 0 Å². The first-order valence-electron chi connectivity index (χ1n) is 26.3. The van der Waals surface area contributed by atoms with Gasteiger partial charge in [0.15, 0.2) is 0 Å². The summed E-state index contributed by atoms with van der Waals surface area (Å²) in [6.07, 6.45) is 56.3. The molecule has 0 aromatic heterocycles. The number of carbonyl (C=O) groups is 2. The highest BCUT2D eigenvalue weighted by molar-refractivity contribution is 7.47. The van der Waals surface area contributed by atoms with Gasteiger partial charge < -0.3 is 19.4 Å². The number of hydrogen-bond donors (Lipinski definition) is 2. The van der Waals surface area contributed by atoms with Crippen LogP contribution < -0.4 is 5.32 Å². The number of nitrogens with one attached hydrogen (secondary N) is 1. The highest BCUT2D eigenvalue weighted by atomic mass is 31.2. The predicted molar refractivity (Wildman–Crippen MR) is 277 cm³/mol. The van der Waals surface area contributed by atoms with Gasteiger partial charge in [-0.1, -0.05) is 203 Å². The summed E-state index contributed by atoms with van der Waals surface area (Å²) >= 11 is 0. The summed E-state index contributed by atoms with van der Waals surface area (Å²) in [7, 11) is 1.44. The van der Waals surface area contributed by atoms with Gasteiger partial charge in [0.05, 0.1) is 33.8 Å². The molecule has 0 aliphatic rings. The van der Waals surface area contributed by atoms with Crippen molar-refractivity contribution in [3.63, 3.8) is 0 Å². The molecule has 10 heteroatoms. The van der Waals surface area contributed by atoms with E-state index in [1.165, 1.54) is 96.3 Å². The van der Waals surface area contributed by atoms with Crippen LogP contribution in [-0.4, -0.2) is 74.3 Å². The minimum absolute atomic E-state index is 0.0249. The second kappa shape index (κ2) is 45.2. The Morgan fingerprint density at radius 3 is 1.62 bits per heavy atom. The number of carbonyl (C=O) groups excluding carboxylic acids is 2. The van der Waals surface area contributed by atoms with E-state index in [4.69, 9.17) is 13.8 Å². The average Bonchev–Trinajstić information content (AvgIpc) is 3.26. The fourth-order valence-electron chi connectivity index (χ4n) is 7.11. The van der Waals surface area contributed by atoms with Crippen molar-refractivity contribution in [2.24, 2.45) is 0 Å². The zero-order chi connectivity index (χ0) is 48.0. The molecule has 9 nitrogen and oxygen atoms in total. The highest BCUT2D eigenvalue weighted by Gasteiger charge is 2.30. The first kappa shape index (κ1) is 62.4. The van der Waals surface area contributed by atoms with Gasteiger partial charge in [-0.2, -0.15) is 0 Å². The van der Waals surface area contributed by atoms with Crippen LogP contribution in [0.5, 0.6) is 0 Å². The Morgan fingerprint density at radius 1 is 0.569 bits per heavy atom. The minimum atomic E-state index is -4.46. The zero-order valence-electron chi connectivity index (χ0n) is 42.7. The number of phosphoric ester groups is 1. The minimum Gasteiger partial charge on any atom is -0.456 e. The second-order valence-electron chi connectivity index (χ2n) is 18.7. The Kier molecular flexibility index (Phi) is 43.5. The number of allylic oxidation sites excluding steroid dienone is 11. The number of amides is 1. The van der Waals surface area contributed by atoms with Gasteiger partial charge in [0.2, 0.25) is 5.91 Å². The Hall–Kier alpha value is -2.55. The molecule has 0 saturated heterocycles. The van der Waals surface area contributed by atoms with Crippen LogP contribution in [0, 0.1) is 0 Å². The second-order valence-corrected chi connectivity index (χ2v) is 20.2. The number of rotatable bonds is 46. The molecule has 0 aromatic carbocycles.